The van der Waals surface area contributed by atoms with Crippen molar-refractivity contribution in [1.82, 2.24) is 5.73 Å². The molecule has 1 rings (SSSR count). The van der Waals surface area contributed by atoms with Crippen LogP contribution in [0.1, 0.15) is 76.3 Å². The Morgan fingerprint density at radius 2 is 1.21 bits per heavy atom. The third kappa shape index (κ3) is 6.13. The lowest BCUT2D eigenvalue weighted by molar-refractivity contribution is 0.661. The molecule has 0 atom stereocenters. The summed E-state index contributed by atoms with van der Waals surface area (Å²) in [7, 11) is 0. The summed E-state index contributed by atoms with van der Waals surface area (Å²) in [6.07, 6.45) is 12.5. The van der Waals surface area contributed by atoms with Crippen molar-refractivity contribution >= 4 is 5.69 Å². The molecule has 0 fully saturated rings. The van der Waals surface area contributed by atoms with Crippen molar-refractivity contribution in [3.05, 3.63) is 29.3 Å². The van der Waals surface area contributed by atoms with Gasteiger partial charge in [-0.2, -0.15) is 0 Å². The van der Waals surface area contributed by atoms with Gasteiger partial charge in [-0.3, -0.25) is 0 Å². The van der Waals surface area contributed by atoms with Gasteiger partial charge < -0.3 is 5.73 Å². The van der Waals surface area contributed by atoms with Crippen molar-refractivity contribution in [3.63, 3.8) is 0 Å². The van der Waals surface area contributed by atoms with Gasteiger partial charge in [-0.25, -0.2) is 0 Å². The van der Waals surface area contributed by atoms with E-state index in [4.69, 9.17) is 5.73 Å². The molecule has 0 saturated heterocycles. The van der Waals surface area contributed by atoms with Gasteiger partial charge in [0, 0.05) is 0 Å². The number of aryl methyl sites for hydroxylation is 2. The van der Waals surface area contributed by atoms with Crippen LogP contribution in [0.4, 0.5) is 5.69 Å². The molecule has 1 radical (unpaired) electrons. The van der Waals surface area contributed by atoms with Crippen molar-refractivity contribution in [2.24, 2.45) is 0 Å². The minimum atomic E-state index is 0.815. The first kappa shape index (κ1) is 16.1. The smallest absolute Gasteiger partial charge is 0.0603 e. The van der Waals surface area contributed by atoms with E-state index < -0.39 is 0 Å². The van der Waals surface area contributed by atoms with E-state index in [0.29, 0.717) is 0 Å². The van der Waals surface area contributed by atoms with Crippen molar-refractivity contribution in [2.45, 2.75) is 78.1 Å². The molecule has 0 spiro atoms. The Morgan fingerprint density at radius 1 is 0.737 bits per heavy atom. The number of hydrogen-bond acceptors (Lipinski definition) is 0. The second-order valence-electron chi connectivity index (χ2n) is 5.57. The Morgan fingerprint density at radius 3 is 1.63 bits per heavy atom. The summed E-state index contributed by atoms with van der Waals surface area (Å²) >= 11 is 0. The van der Waals surface area contributed by atoms with Crippen LogP contribution in [0.2, 0.25) is 0 Å². The van der Waals surface area contributed by atoms with Crippen LogP contribution in [-0.4, -0.2) is 0 Å². The zero-order valence-electron chi connectivity index (χ0n) is 12.8. The van der Waals surface area contributed by atoms with Crippen LogP contribution in [0.25, 0.3) is 0 Å². The topological polar surface area (TPSA) is 23.8 Å². The highest BCUT2D eigenvalue weighted by Gasteiger charge is 2.05. The maximum absolute atomic E-state index is 8.31. The lowest BCUT2D eigenvalue weighted by atomic mass is 9.98. The average Bonchev–Trinajstić information content (AvgIpc) is 2.43. The van der Waals surface area contributed by atoms with Crippen molar-refractivity contribution in [1.29, 1.82) is 0 Å². The molecular weight excluding hydrogens is 230 g/mol. The lowest BCUT2D eigenvalue weighted by Crippen LogP contribution is -1.94. The summed E-state index contributed by atoms with van der Waals surface area (Å²) in [5.41, 5.74) is 11.6. The highest BCUT2D eigenvalue weighted by Crippen LogP contribution is 2.23. The monoisotopic (exact) mass is 260 g/mol. The molecule has 1 aromatic rings. The first-order valence-electron chi connectivity index (χ1n) is 8.12. The van der Waals surface area contributed by atoms with Crippen molar-refractivity contribution < 1.29 is 0 Å². The zero-order chi connectivity index (χ0) is 13.9. The predicted molar refractivity (Wildman–Crippen MR) is 84.9 cm³/mol. The molecule has 1 aromatic carbocycles. The van der Waals surface area contributed by atoms with Crippen LogP contribution >= 0.6 is 0 Å². The summed E-state index contributed by atoms with van der Waals surface area (Å²) in [4.78, 5) is 0. The highest BCUT2D eigenvalue weighted by molar-refractivity contribution is 5.50. The van der Waals surface area contributed by atoms with Crippen LogP contribution in [0.15, 0.2) is 18.2 Å². The summed E-state index contributed by atoms with van der Waals surface area (Å²) in [6, 6.07) is 6.43. The van der Waals surface area contributed by atoms with E-state index in [1.165, 1.54) is 62.5 Å². The number of nitrogens with one attached hydrogen (secondary N) is 1. The minimum Gasteiger partial charge on any atom is -0.300 e. The third-order valence-electron chi connectivity index (χ3n) is 3.84. The molecule has 0 heterocycles. The fraction of sp³-hybridized carbons (Fsp3) is 0.667. The van der Waals surface area contributed by atoms with Gasteiger partial charge >= 0.3 is 0 Å². The Hall–Kier alpha value is -0.980. The van der Waals surface area contributed by atoms with Gasteiger partial charge in [0.15, 0.2) is 0 Å². The van der Waals surface area contributed by atoms with Gasteiger partial charge in [-0.15, -0.1) is 0 Å². The van der Waals surface area contributed by atoms with Gasteiger partial charge in [0.1, 0.15) is 0 Å². The maximum atomic E-state index is 8.31. The molecule has 0 amide bonds. The Kier molecular flexibility index (Phi) is 8.36. The number of unbranched alkanes of at least 4 members (excludes halogenated alkanes) is 6. The largest absolute Gasteiger partial charge is 0.300 e. The minimum absolute atomic E-state index is 0.815. The van der Waals surface area contributed by atoms with Crippen LogP contribution < -0.4 is 5.73 Å². The molecule has 0 aliphatic rings. The lowest BCUT2D eigenvalue weighted by Gasteiger charge is -2.10. The van der Waals surface area contributed by atoms with Gasteiger partial charge in [0.05, 0.1) is 5.69 Å². The molecule has 0 saturated carbocycles. The zero-order valence-corrected chi connectivity index (χ0v) is 12.8. The van der Waals surface area contributed by atoms with E-state index in [1.54, 1.807) is 0 Å². The standard InChI is InChI=1S/C18H30N/c1-3-5-7-9-12-16-14-11-15-17(18(16)19)13-10-8-6-4-2/h11,14-15,19H,3-10,12-13H2,1-2H3. The van der Waals surface area contributed by atoms with Gasteiger partial charge in [-0.1, -0.05) is 70.6 Å². The van der Waals surface area contributed by atoms with Gasteiger partial charge in [0.25, 0.3) is 0 Å². The average molecular weight is 260 g/mol. The Labute approximate surface area is 119 Å². The number of rotatable bonds is 10. The predicted octanol–water partition coefficient (Wildman–Crippen LogP) is 5.85. The fourth-order valence-corrected chi connectivity index (χ4v) is 2.55. The molecule has 19 heavy (non-hydrogen) atoms. The molecular formula is C18H30N. The molecule has 0 bridgehead atoms. The maximum Gasteiger partial charge on any atom is 0.0603 e. The number of benzene rings is 1. The molecule has 107 valence electrons. The first-order valence-corrected chi connectivity index (χ1v) is 8.12. The summed E-state index contributed by atoms with van der Waals surface area (Å²) in [6.45, 7) is 4.49. The van der Waals surface area contributed by atoms with Gasteiger partial charge in [-0.05, 0) is 36.8 Å². The first-order chi connectivity index (χ1) is 9.29. The molecule has 1 N–H and O–H groups in total. The Balaban J connectivity index is 2.44. The van der Waals surface area contributed by atoms with E-state index in [-0.39, 0.29) is 0 Å². The summed E-state index contributed by atoms with van der Waals surface area (Å²) in [5.74, 6) is 0. The molecule has 1 heteroatoms. The van der Waals surface area contributed by atoms with Crippen LogP contribution in [0, 0.1) is 0 Å². The third-order valence-corrected chi connectivity index (χ3v) is 3.84. The van der Waals surface area contributed by atoms with Gasteiger partial charge in [0.2, 0.25) is 0 Å². The molecule has 0 aliphatic heterocycles. The van der Waals surface area contributed by atoms with Crippen molar-refractivity contribution in [2.75, 3.05) is 0 Å². The van der Waals surface area contributed by atoms with E-state index in [9.17, 15) is 0 Å². The van der Waals surface area contributed by atoms with E-state index in [1.807, 2.05) is 0 Å². The van der Waals surface area contributed by atoms with Crippen molar-refractivity contribution in [3.8, 4) is 0 Å². The quantitative estimate of drug-likeness (QED) is 0.471. The summed E-state index contributed by atoms with van der Waals surface area (Å²) < 4.78 is 0. The molecule has 0 unspecified atom stereocenters. The SMILES string of the molecule is CCCCCCc1cccc(CCCCCC)c1[NH]. The second-order valence-corrected chi connectivity index (χ2v) is 5.57. The van der Waals surface area contributed by atoms with E-state index in [0.717, 1.165) is 18.5 Å². The fourth-order valence-electron chi connectivity index (χ4n) is 2.55. The molecule has 0 aromatic heterocycles. The van der Waals surface area contributed by atoms with E-state index >= 15 is 0 Å². The Bertz CT molecular complexity index is 313. The normalized spacial score (nSPS) is 10.8. The summed E-state index contributed by atoms with van der Waals surface area (Å²) in [5, 5.41) is 0. The molecule has 1 nitrogen and oxygen atoms in total. The van der Waals surface area contributed by atoms with Crippen LogP contribution in [0.3, 0.4) is 0 Å². The second kappa shape index (κ2) is 9.89. The number of hydrogen-bond donors (Lipinski definition) is 0. The molecule has 0 aliphatic carbocycles. The van der Waals surface area contributed by atoms with E-state index in [2.05, 4.69) is 32.0 Å². The van der Waals surface area contributed by atoms with Crippen LogP contribution in [0.5, 0.6) is 0 Å². The van der Waals surface area contributed by atoms with Crippen LogP contribution in [-0.2, 0) is 12.8 Å². The highest BCUT2D eigenvalue weighted by atomic mass is 14.6.